The first-order chi connectivity index (χ1) is 13.2. The number of fused-ring (bicyclic) bond motifs is 1. The van der Waals surface area contributed by atoms with Crippen molar-refractivity contribution in [3.05, 3.63) is 96.6 Å². The van der Waals surface area contributed by atoms with Crippen LogP contribution in [0.15, 0.2) is 91.0 Å². The molecule has 3 nitrogen and oxygen atoms in total. The summed E-state index contributed by atoms with van der Waals surface area (Å²) in [6.45, 7) is 0. The van der Waals surface area contributed by atoms with Crippen LogP contribution >= 0.6 is 0 Å². The lowest BCUT2D eigenvalue weighted by atomic mass is 9.99. The van der Waals surface area contributed by atoms with Crippen LogP contribution in [0.25, 0.3) is 21.9 Å². The summed E-state index contributed by atoms with van der Waals surface area (Å²) in [6, 6.07) is 29.6. The highest BCUT2D eigenvalue weighted by Crippen LogP contribution is 2.39. The van der Waals surface area contributed by atoms with E-state index in [9.17, 15) is 4.79 Å². The maximum absolute atomic E-state index is 10.9. The van der Waals surface area contributed by atoms with E-state index in [2.05, 4.69) is 36.4 Å². The van der Waals surface area contributed by atoms with Gasteiger partial charge in [0.1, 0.15) is 11.5 Å². The van der Waals surface area contributed by atoms with E-state index in [1.165, 1.54) is 0 Å². The zero-order chi connectivity index (χ0) is 18.6. The quantitative estimate of drug-likeness (QED) is 0.483. The molecule has 0 aliphatic heterocycles. The van der Waals surface area contributed by atoms with Gasteiger partial charge in [0.25, 0.3) is 0 Å². The van der Waals surface area contributed by atoms with E-state index < -0.39 is 5.97 Å². The largest absolute Gasteiger partial charge is 0.481 e. The Morgan fingerprint density at radius 2 is 1.48 bits per heavy atom. The molecule has 0 aromatic heterocycles. The monoisotopic (exact) mass is 354 g/mol. The molecule has 0 fully saturated rings. The molecule has 1 N–H and O–H groups in total. The molecule has 0 amide bonds. The molecule has 0 bridgehead atoms. The number of carboxylic acid groups (broad SMARTS) is 1. The van der Waals surface area contributed by atoms with Crippen LogP contribution in [0.1, 0.15) is 5.56 Å². The predicted octanol–water partition coefficient (Wildman–Crippen LogP) is 5.93. The summed E-state index contributed by atoms with van der Waals surface area (Å²) in [4.78, 5) is 10.9. The first-order valence-corrected chi connectivity index (χ1v) is 8.76. The Hall–Kier alpha value is -3.59. The molecular formula is C24H18O3. The van der Waals surface area contributed by atoms with Gasteiger partial charge in [-0.15, -0.1) is 0 Å². The van der Waals surface area contributed by atoms with E-state index in [0.717, 1.165) is 33.2 Å². The van der Waals surface area contributed by atoms with Crippen LogP contribution in [-0.2, 0) is 11.2 Å². The predicted molar refractivity (Wildman–Crippen MR) is 107 cm³/mol. The SMILES string of the molecule is O=C(O)Cc1ccc(Oc2c(-c3ccccc3)ccc3ccccc23)cc1. The number of benzene rings is 4. The minimum Gasteiger partial charge on any atom is -0.481 e. The first-order valence-electron chi connectivity index (χ1n) is 8.76. The summed E-state index contributed by atoms with van der Waals surface area (Å²) in [7, 11) is 0. The highest BCUT2D eigenvalue weighted by Gasteiger charge is 2.12. The molecule has 3 heteroatoms. The Morgan fingerprint density at radius 1 is 0.778 bits per heavy atom. The molecule has 4 aromatic rings. The number of hydrogen-bond acceptors (Lipinski definition) is 2. The van der Waals surface area contributed by atoms with Gasteiger partial charge in [-0.05, 0) is 34.7 Å². The van der Waals surface area contributed by atoms with Gasteiger partial charge in [0, 0.05) is 10.9 Å². The minimum absolute atomic E-state index is 0.00378. The molecule has 0 aliphatic carbocycles. The molecule has 0 heterocycles. The van der Waals surface area contributed by atoms with Gasteiger partial charge >= 0.3 is 5.97 Å². The fraction of sp³-hybridized carbons (Fsp3) is 0.0417. The molecule has 0 saturated heterocycles. The molecule has 0 radical (unpaired) electrons. The highest BCUT2D eigenvalue weighted by molar-refractivity contribution is 5.95. The molecule has 4 rings (SSSR count). The second-order valence-corrected chi connectivity index (χ2v) is 6.35. The zero-order valence-electron chi connectivity index (χ0n) is 14.6. The Kier molecular flexibility index (Phi) is 4.58. The number of carbonyl (C=O) groups is 1. The van der Waals surface area contributed by atoms with E-state index in [-0.39, 0.29) is 6.42 Å². The fourth-order valence-electron chi connectivity index (χ4n) is 3.17. The molecule has 27 heavy (non-hydrogen) atoms. The Balaban J connectivity index is 1.78. The second kappa shape index (κ2) is 7.34. The number of hydrogen-bond donors (Lipinski definition) is 1. The number of carboxylic acids is 1. The minimum atomic E-state index is -0.843. The van der Waals surface area contributed by atoms with E-state index in [1.807, 2.05) is 42.5 Å². The number of aliphatic carboxylic acids is 1. The average molecular weight is 354 g/mol. The van der Waals surface area contributed by atoms with Crippen molar-refractivity contribution in [3.8, 4) is 22.6 Å². The van der Waals surface area contributed by atoms with Crippen LogP contribution in [0.2, 0.25) is 0 Å². The molecule has 132 valence electrons. The zero-order valence-corrected chi connectivity index (χ0v) is 14.6. The van der Waals surface area contributed by atoms with Crippen molar-refractivity contribution < 1.29 is 14.6 Å². The average Bonchev–Trinajstić information content (AvgIpc) is 2.70. The summed E-state index contributed by atoms with van der Waals surface area (Å²) in [5.74, 6) is 0.632. The molecule has 4 aromatic carbocycles. The summed E-state index contributed by atoms with van der Waals surface area (Å²) < 4.78 is 6.29. The summed E-state index contributed by atoms with van der Waals surface area (Å²) in [6.07, 6.45) is 0.00378. The maximum atomic E-state index is 10.9. The molecular weight excluding hydrogens is 336 g/mol. The van der Waals surface area contributed by atoms with Crippen molar-refractivity contribution in [2.75, 3.05) is 0 Å². The van der Waals surface area contributed by atoms with Crippen LogP contribution in [0.3, 0.4) is 0 Å². The van der Waals surface area contributed by atoms with Gasteiger partial charge in [0.05, 0.1) is 6.42 Å². The molecule has 0 atom stereocenters. The number of rotatable bonds is 5. The van der Waals surface area contributed by atoms with Crippen LogP contribution < -0.4 is 4.74 Å². The third-order valence-electron chi connectivity index (χ3n) is 4.46. The summed E-state index contributed by atoms with van der Waals surface area (Å²) in [5, 5.41) is 11.1. The number of ether oxygens (including phenoxy) is 1. The normalized spacial score (nSPS) is 10.7. The van der Waals surface area contributed by atoms with Crippen molar-refractivity contribution in [2.24, 2.45) is 0 Å². The van der Waals surface area contributed by atoms with Crippen molar-refractivity contribution in [1.29, 1.82) is 0 Å². The third-order valence-corrected chi connectivity index (χ3v) is 4.46. The maximum Gasteiger partial charge on any atom is 0.307 e. The Morgan fingerprint density at radius 3 is 2.22 bits per heavy atom. The smallest absolute Gasteiger partial charge is 0.307 e. The van der Waals surface area contributed by atoms with Gasteiger partial charge in [0.15, 0.2) is 0 Å². The molecule has 0 unspecified atom stereocenters. The lowest BCUT2D eigenvalue weighted by molar-refractivity contribution is -0.136. The Labute approximate surface area is 157 Å². The lowest BCUT2D eigenvalue weighted by Gasteiger charge is -2.15. The molecule has 0 saturated carbocycles. The van der Waals surface area contributed by atoms with Crippen molar-refractivity contribution in [1.82, 2.24) is 0 Å². The van der Waals surface area contributed by atoms with Crippen molar-refractivity contribution >= 4 is 16.7 Å². The summed E-state index contributed by atoms with van der Waals surface area (Å²) in [5.41, 5.74) is 2.85. The van der Waals surface area contributed by atoms with Crippen molar-refractivity contribution in [2.45, 2.75) is 6.42 Å². The molecule has 0 spiro atoms. The lowest BCUT2D eigenvalue weighted by Crippen LogP contribution is -1.99. The topological polar surface area (TPSA) is 46.5 Å². The van der Waals surface area contributed by atoms with Gasteiger partial charge in [-0.2, -0.15) is 0 Å². The van der Waals surface area contributed by atoms with Gasteiger partial charge in [-0.1, -0.05) is 72.8 Å². The van der Waals surface area contributed by atoms with E-state index >= 15 is 0 Å². The standard InChI is InChI=1S/C24H18O3/c25-23(26)16-17-10-13-20(14-11-17)27-24-21-9-5-4-8-19(21)12-15-22(24)18-6-2-1-3-7-18/h1-15H,16H2,(H,25,26). The third kappa shape index (κ3) is 3.67. The van der Waals surface area contributed by atoms with Gasteiger partial charge in [0.2, 0.25) is 0 Å². The summed E-state index contributed by atoms with van der Waals surface area (Å²) >= 11 is 0. The first kappa shape index (κ1) is 16.9. The Bertz CT molecular complexity index is 1080. The highest BCUT2D eigenvalue weighted by atomic mass is 16.5. The van der Waals surface area contributed by atoms with E-state index in [0.29, 0.717) is 5.75 Å². The van der Waals surface area contributed by atoms with Crippen molar-refractivity contribution in [3.63, 3.8) is 0 Å². The van der Waals surface area contributed by atoms with Crippen LogP contribution in [0, 0.1) is 0 Å². The van der Waals surface area contributed by atoms with Gasteiger partial charge in [-0.25, -0.2) is 0 Å². The van der Waals surface area contributed by atoms with E-state index in [1.54, 1.807) is 12.1 Å². The van der Waals surface area contributed by atoms with Crippen LogP contribution in [0.4, 0.5) is 0 Å². The van der Waals surface area contributed by atoms with Crippen LogP contribution in [0.5, 0.6) is 11.5 Å². The van der Waals surface area contributed by atoms with Crippen LogP contribution in [-0.4, -0.2) is 11.1 Å². The second-order valence-electron chi connectivity index (χ2n) is 6.35. The van der Waals surface area contributed by atoms with Gasteiger partial charge in [-0.3, -0.25) is 4.79 Å². The van der Waals surface area contributed by atoms with Gasteiger partial charge < -0.3 is 9.84 Å². The van der Waals surface area contributed by atoms with E-state index in [4.69, 9.17) is 9.84 Å². The molecule has 0 aliphatic rings. The fourth-order valence-corrected chi connectivity index (χ4v) is 3.17.